The summed E-state index contributed by atoms with van der Waals surface area (Å²) in [6.45, 7) is 0. The van der Waals surface area contributed by atoms with Gasteiger partial charge in [-0.25, -0.2) is 0 Å². The lowest BCUT2D eigenvalue weighted by Gasteiger charge is -2.21. The van der Waals surface area contributed by atoms with Gasteiger partial charge in [-0.3, -0.25) is 0 Å². The van der Waals surface area contributed by atoms with Crippen LogP contribution in [-0.4, -0.2) is 73.0 Å². The first kappa shape index (κ1) is 21.0. The van der Waals surface area contributed by atoms with E-state index in [0.29, 0.717) is 11.1 Å². The Labute approximate surface area is 137 Å². The topological polar surface area (TPSA) is 36.9 Å². The molecule has 0 N–H and O–H groups in total. The Bertz CT molecular complexity index is 198. The lowest BCUT2D eigenvalue weighted by molar-refractivity contribution is -0.105. The average molecular weight is 359 g/mol. The van der Waals surface area contributed by atoms with Gasteiger partial charge in [0.25, 0.3) is 0 Å². The molecule has 0 saturated carbocycles. The first-order chi connectivity index (χ1) is 9.60. The van der Waals surface area contributed by atoms with Crippen molar-refractivity contribution in [2.75, 3.05) is 39.9 Å². The van der Waals surface area contributed by atoms with Crippen LogP contribution < -0.4 is 0 Å². The third-order valence-corrected chi connectivity index (χ3v) is 7.97. The minimum atomic E-state index is -0.0255. The maximum atomic E-state index is 5.30. The number of rotatable bonds is 13. The third kappa shape index (κ3) is 9.09. The Morgan fingerprint density at radius 1 is 0.700 bits per heavy atom. The lowest BCUT2D eigenvalue weighted by atomic mass is 10.3. The van der Waals surface area contributed by atoms with Crippen LogP contribution in [0.2, 0.25) is 11.1 Å². The van der Waals surface area contributed by atoms with Crippen LogP contribution in [-0.2, 0) is 18.9 Å². The molecule has 0 spiro atoms. The van der Waals surface area contributed by atoms with E-state index < -0.39 is 0 Å². The maximum Gasteiger partial charge on any atom is 0.156 e. The van der Waals surface area contributed by atoms with Crippen LogP contribution in [0.1, 0.15) is 12.8 Å². The summed E-state index contributed by atoms with van der Waals surface area (Å²) >= 11 is 0. The van der Waals surface area contributed by atoms with Gasteiger partial charge >= 0.3 is 0 Å². The first-order valence-electron chi connectivity index (χ1n) is 6.96. The Balaban J connectivity index is 3.57. The number of ether oxygens (including phenoxy) is 4. The van der Waals surface area contributed by atoms with Gasteiger partial charge in [-0.1, -0.05) is 21.6 Å². The van der Waals surface area contributed by atoms with Crippen molar-refractivity contribution in [3.63, 3.8) is 0 Å². The molecule has 0 heterocycles. The van der Waals surface area contributed by atoms with E-state index in [2.05, 4.69) is 0 Å². The van der Waals surface area contributed by atoms with Gasteiger partial charge in [0.05, 0.1) is 0 Å². The summed E-state index contributed by atoms with van der Waals surface area (Å²) < 4.78 is 21.2. The second-order valence-electron chi connectivity index (χ2n) is 4.86. The zero-order valence-electron chi connectivity index (χ0n) is 13.6. The van der Waals surface area contributed by atoms with E-state index in [0.717, 1.165) is 32.0 Å². The fraction of sp³-hybridized carbons (Fsp3) is 1.00. The van der Waals surface area contributed by atoms with Crippen LogP contribution in [0.25, 0.3) is 0 Å². The zero-order valence-corrected chi connectivity index (χ0v) is 19.2. The molecular formula is C12H30O4S2Si2. The summed E-state index contributed by atoms with van der Waals surface area (Å²) in [6, 6.07) is 0. The molecule has 4 nitrogen and oxygen atoms in total. The molecule has 0 bridgehead atoms. The summed E-state index contributed by atoms with van der Waals surface area (Å²) in [5.41, 5.74) is 1.13. The number of hydrogen-bond donors (Lipinski definition) is 0. The van der Waals surface area contributed by atoms with Crippen LogP contribution >= 0.6 is 21.6 Å². The van der Waals surface area contributed by atoms with Gasteiger partial charge in [0.15, 0.2) is 12.6 Å². The molecule has 20 heavy (non-hydrogen) atoms. The van der Waals surface area contributed by atoms with Crippen molar-refractivity contribution >= 4 is 42.1 Å². The van der Waals surface area contributed by atoms with Crippen molar-refractivity contribution in [1.29, 1.82) is 0 Å². The predicted octanol–water partition coefficient (Wildman–Crippen LogP) is 0.694. The van der Waals surface area contributed by atoms with Gasteiger partial charge < -0.3 is 18.9 Å². The summed E-state index contributed by atoms with van der Waals surface area (Å²) in [6.07, 6.45) is 2.28. The molecule has 0 rings (SSSR count). The molecule has 0 radical (unpaired) electrons. The van der Waals surface area contributed by atoms with Crippen molar-refractivity contribution in [3.05, 3.63) is 0 Å². The van der Waals surface area contributed by atoms with Crippen molar-refractivity contribution < 1.29 is 18.9 Å². The zero-order chi connectivity index (χ0) is 15.4. The van der Waals surface area contributed by atoms with Crippen molar-refractivity contribution in [3.8, 4) is 0 Å². The van der Waals surface area contributed by atoms with Gasteiger partial charge in [0.2, 0.25) is 0 Å². The van der Waals surface area contributed by atoms with Gasteiger partial charge in [-0.05, 0) is 23.9 Å². The Morgan fingerprint density at radius 3 is 1.25 bits per heavy atom. The van der Waals surface area contributed by atoms with Crippen molar-refractivity contribution in [2.45, 2.75) is 36.5 Å². The van der Waals surface area contributed by atoms with E-state index in [1.165, 1.54) is 12.8 Å². The van der Waals surface area contributed by atoms with E-state index >= 15 is 0 Å². The number of hydrogen-bond acceptors (Lipinski definition) is 6. The molecule has 0 aliphatic rings. The second kappa shape index (κ2) is 13.6. The van der Waals surface area contributed by atoms with Crippen LogP contribution in [0.4, 0.5) is 0 Å². The molecule has 8 heteroatoms. The molecule has 0 aliphatic carbocycles. The Morgan fingerprint density at radius 2 is 1.00 bits per heavy atom. The highest BCUT2D eigenvalue weighted by molar-refractivity contribution is 8.76. The lowest BCUT2D eigenvalue weighted by Crippen LogP contribution is -2.21. The summed E-state index contributed by atoms with van der Waals surface area (Å²) in [5.74, 6) is 2.32. The predicted molar refractivity (Wildman–Crippen MR) is 97.1 cm³/mol. The molecule has 0 aliphatic heterocycles. The molecule has 0 fully saturated rings. The smallest absolute Gasteiger partial charge is 0.156 e. The van der Waals surface area contributed by atoms with Crippen molar-refractivity contribution in [2.24, 2.45) is 0 Å². The minimum absolute atomic E-state index is 0.0255. The van der Waals surface area contributed by atoms with E-state index in [-0.39, 0.29) is 12.6 Å². The van der Waals surface area contributed by atoms with Gasteiger partial charge in [-0.2, -0.15) is 0 Å². The largest absolute Gasteiger partial charge is 0.356 e. The third-order valence-electron chi connectivity index (χ3n) is 3.25. The summed E-state index contributed by atoms with van der Waals surface area (Å²) in [5, 5.41) is 0. The molecule has 0 saturated heterocycles. The van der Waals surface area contributed by atoms with Crippen LogP contribution in [0.15, 0.2) is 0 Å². The fourth-order valence-electron chi connectivity index (χ4n) is 1.98. The van der Waals surface area contributed by atoms with E-state index in [1.807, 2.05) is 21.6 Å². The molecule has 0 aromatic carbocycles. The molecule has 2 atom stereocenters. The molecular weight excluding hydrogens is 328 g/mol. The van der Waals surface area contributed by atoms with E-state index in [4.69, 9.17) is 18.9 Å². The maximum absolute atomic E-state index is 5.30. The second-order valence-corrected chi connectivity index (χ2v) is 10.5. The highest BCUT2D eigenvalue weighted by Crippen LogP contribution is 2.29. The molecule has 0 aromatic rings. The van der Waals surface area contributed by atoms with Crippen LogP contribution in [0.5, 0.6) is 0 Å². The normalized spacial score (nSPS) is 15.3. The fourth-order valence-corrected chi connectivity index (χ4v) is 6.94. The summed E-state index contributed by atoms with van der Waals surface area (Å²) in [7, 11) is 13.0. The highest BCUT2D eigenvalue weighted by atomic mass is 33.1. The average Bonchev–Trinajstić information content (AvgIpc) is 2.45. The monoisotopic (exact) mass is 358 g/mol. The van der Waals surface area contributed by atoms with Gasteiger partial charge in [0, 0.05) is 60.4 Å². The summed E-state index contributed by atoms with van der Waals surface area (Å²) in [4.78, 5) is 0. The number of methoxy groups -OCH3 is 4. The highest BCUT2D eigenvalue weighted by Gasteiger charge is 2.16. The molecule has 122 valence electrons. The van der Waals surface area contributed by atoms with Crippen LogP contribution in [0, 0.1) is 0 Å². The van der Waals surface area contributed by atoms with Crippen LogP contribution in [0.3, 0.4) is 0 Å². The molecule has 0 aromatic heterocycles. The Hall–Kier alpha value is 0.974. The SMILES string of the molecule is COC(OC)C([SiH3])CCSSCCC([SiH3])C(OC)OC. The molecule has 0 amide bonds. The first-order valence-corrected chi connectivity index (χ1v) is 11.8. The van der Waals surface area contributed by atoms with Gasteiger partial charge in [0.1, 0.15) is 0 Å². The minimum Gasteiger partial charge on any atom is -0.356 e. The standard InChI is InChI=1S/C12H30O4S2Si2/c1-13-11(14-2)9(19)5-7-17-18-8-6-10(20)12(15-3)16-4/h9-12H,5-8H2,1-4,19-20H3. The van der Waals surface area contributed by atoms with E-state index in [9.17, 15) is 0 Å². The quantitative estimate of drug-likeness (QED) is 0.209. The van der Waals surface area contributed by atoms with Crippen molar-refractivity contribution in [1.82, 2.24) is 0 Å². The van der Waals surface area contributed by atoms with E-state index in [1.54, 1.807) is 28.4 Å². The van der Waals surface area contributed by atoms with Gasteiger partial charge in [-0.15, -0.1) is 0 Å². The molecule has 2 unspecified atom stereocenters. The Kier molecular flexibility index (Phi) is 14.3.